The minimum atomic E-state index is 0.510. The van der Waals surface area contributed by atoms with Crippen LogP contribution in [-0.4, -0.2) is 6.04 Å². The van der Waals surface area contributed by atoms with Gasteiger partial charge in [-0.25, -0.2) is 0 Å². The van der Waals surface area contributed by atoms with Crippen molar-refractivity contribution in [3.8, 4) is 0 Å². The van der Waals surface area contributed by atoms with Gasteiger partial charge in [0.2, 0.25) is 0 Å². The Balaban J connectivity index is 1.86. The maximum Gasteiger partial charge on any atom is 0.00671 e. The molecule has 0 aromatic rings. The summed E-state index contributed by atoms with van der Waals surface area (Å²) in [7, 11) is 0. The van der Waals surface area contributed by atoms with Crippen molar-refractivity contribution < 1.29 is 0 Å². The highest BCUT2D eigenvalue weighted by molar-refractivity contribution is 4.76. The molecule has 1 aliphatic carbocycles. The average molecular weight is 282 g/mol. The standard InChI is InChI=1S/C19H39N/c1-2-3-4-5-6-7-8-9-10-12-15-18-16-13-11-14-17-19(18)20/h18-19H,2-17,20H2,1H3. The van der Waals surface area contributed by atoms with E-state index in [-0.39, 0.29) is 0 Å². The predicted octanol–water partition coefficient (Wildman–Crippen LogP) is 6.21. The van der Waals surface area contributed by atoms with Gasteiger partial charge in [-0.05, 0) is 25.2 Å². The first-order valence-electron chi connectivity index (χ1n) is 9.60. The third-order valence-electron chi connectivity index (χ3n) is 5.15. The lowest BCUT2D eigenvalue weighted by Crippen LogP contribution is -2.28. The van der Waals surface area contributed by atoms with Crippen LogP contribution in [0.2, 0.25) is 0 Å². The summed E-state index contributed by atoms with van der Waals surface area (Å²) >= 11 is 0. The zero-order chi connectivity index (χ0) is 14.5. The molecule has 0 spiro atoms. The van der Waals surface area contributed by atoms with Crippen LogP contribution >= 0.6 is 0 Å². The van der Waals surface area contributed by atoms with E-state index in [0.717, 1.165) is 5.92 Å². The summed E-state index contributed by atoms with van der Waals surface area (Å²) in [5.74, 6) is 0.839. The fourth-order valence-corrected chi connectivity index (χ4v) is 3.67. The molecule has 1 aliphatic rings. The molecule has 0 bridgehead atoms. The van der Waals surface area contributed by atoms with Crippen LogP contribution in [0.15, 0.2) is 0 Å². The minimum Gasteiger partial charge on any atom is -0.327 e. The number of unbranched alkanes of at least 4 members (excludes halogenated alkanes) is 9. The molecule has 120 valence electrons. The molecule has 2 N–H and O–H groups in total. The van der Waals surface area contributed by atoms with Gasteiger partial charge >= 0.3 is 0 Å². The highest BCUT2D eigenvalue weighted by atomic mass is 14.6. The van der Waals surface area contributed by atoms with Crippen LogP contribution in [0.1, 0.15) is 110 Å². The minimum absolute atomic E-state index is 0.510. The van der Waals surface area contributed by atoms with Crippen molar-refractivity contribution in [2.24, 2.45) is 11.7 Å². The van der Waals surface area contributed by atoms with Gasteiger partial charge in [0, 0.05) is 6.04 Å². The fraction of sp³-hybridized carbons (Fsp3) is 1.00. The van der Waals surface area contributed by atoms with E-state index < -0.39 is 0 Å². The number of hydrogen-bond acceptors (Lipinski definition) is 1. The molecule has 1 rings (SSSR count). The van der Waals surface area contributed by atoms with Crippen LogP contribution in [0.25, 0.3) is 0 Å². The summed E-state index contributed by atoms with van der Waals surface area (Å²) in [6, 6.07) is 0.510. The third kappa shape index (κ3) is 9.00. The molecule has 0 aromatic heterocycles. The summed E-state index contributed by atoms with van der Waals surface area (Å²) in [5.41, 5.74) is 6.30. The SMILES string of the molecule is CCCCCCCCCCCCC1CCCCCC1N. The van der Waals surface area contributed by atoms with E-state index in [1.165, 1.54) is 103 Å². The Bertz CT molecular complexity index is 202. The Labute approximate surface area is 128 Å². The van der Waals surface area contributed by atoms with Crippen LogP contribution in [0.3, 0.4) is 0 Å². The summed E-state index contributed by atoms with van der Waals surface area (Å²) in [6.07, 6.45) is 22.7. The number of hydrogen-bond donors (Lipinski definition) is 1. The average Bonchev–Trinajstić information content (AvgIpc) is 2.66. The zero-order valence-electron chi connectivity index (χ0n) is 14.0. The lowest BCUT2D eigenvalue weighted by atomic mass is 9.90. The van der Waals surface area contributed by atoms with Gasteiger partial charge in [-0.3, -0.25) is 0 Å². The van der Waals surface area contributed by atoms with Crippen molar-refractivity contribution in [2.75, 3.05) is 0 Å². The lowest BCUT2D eigenvalue weighted by Gasteiger charge is -2.21. The molecule has 0 aromatic carbocycles. The van der Waals surface area contributed by atoms with Gasteiger partial charge in [-0.1, -0.05) is 90.4 Å². The van der Waals surface area contributed by atoms with Gasteiger partial charge in [-0.15, -0.1) is 0 Å². The predicted molar refractivity (Wildman–Crippen MR) is 91.0 cm³/mol. The van der Waals surface area contributed by atoms with E-state index >= 15 is 0 Å². The van der Waals surface area contributed by atoms with Crippen LogP contribution in [0.5, 0.6) is 0 Å². The van der Waals surface area contributed by atoms with Crippen molar-refractivity contribution in [1.29, 1.82) is 0 Å². The quantitative estimate of drug-likeness (QED) is 0.354. The van der Waals surface area contributed by atoms with Gasteiger partial charge in [-0.2, -0.15) is 0 Å². The van der Waals surface area contributed by atoms with Crippen molar-refractivity contribution in [3.63, 3.8) is 0 Å². The molecule has 1 saturated carbocycles. The molecule has 0 radical (unpaired) electrons. The highest BCUT2D eigenvalue weighted by Gasteiger charge is 2.19. The van der Waals surface area contributed by atoms with E-state index in [4.69, 9.17) is 5.73 Å². The van der Waals surface area contributed by atoms with E-state index in [9.17, 15) is 0 Å². The number of nitrogens with two attached hydrogens (primary N) is 1. The first-order chi connectivity index (χ1) is 9.84. The smallest absolute Gasteiger partial charge is 0.00671 e. The largest absolute Gasteiger partial charge is 0.327 e. The highest BCUT2D eigenvalue weighted by Crippen LogP contribution is 2.26. The fourth-order valence-electron chi connectivity index (χ4n) is 3.67. The molecule has 0 amide bonds. The molecule has 1 fully saturated rings. The molecule has 0 aliphatic heterocycles. The molecule has 1 heteroatoms. The Hall–Kier alpha value is -0.0400. The van der Waals surface area contributed by atoms with Gasteiger partial charge < -0.3 is 5.73 Å². The Morgan fingerprint density at radius 3 is 1.90 bits per heavy atom. The lowest BCUT2D eigenvalue weighted by molar-refractivity contribution is 0.357. The van der Waals surface area contributed by atoms with Gasteiger partial charge in [0.15, 0.2) is 0 Å². The summed E-state index contributed by atoms with van der Waals surface area (Å²) in [5, 5.41) is 0. The second-order valence-corrected chi connectivity index (χ2v) is 7.03. The van der Waals surface area contributed by atoms with Gasteiger partial charge in [0.05, 0.1) is 0 Å². The first kappa shape index (κ1) is 18.0. The molecule has 2 atom stereocenters. The van der Waals surface area contributed by atoms with E-state index in [1.807, 2.05) is 0 Å². The van der Waals surface area contributed by atoms with E-state index in [0.29, 0.717) is 6.04 Å². The van der Waals surface area contributed by atoms with Crippen LogP contribution in [-0.2, 0) is 0 Å². The van der Waals surface area contributed by atoms with Crippen LogP contribution in [0, 0.1) is 5.92 Å². The second kappa shape index (κ2) is 12.7. The van der Waals surface area contributed by atoms with Crippen molar-refractivity contribution in [1.82, 2.24) is 0 Å². The summed E-state index contributed by atoms with van der Waals surface area (Å²) < 4.78 is 0. The first-order valence-corrected chi connectivity index (χ1v) is 9.60. The molecule has 0 heterocycles. The Kier molecular flexibility index (Phi) is 11.4. The normalized spacial score (nSPS) is 23.7. The molecular weight excluding hydrogens is 242 g/mol. The third-order valence-corrected chi connectivity index (χ3v) is 5.15. The molecular formula is C19H39N. The van der Waals surface area contributed by atoms with Crippen molar-refractivity contribution >= 4 is 0 Å². The van der Waals surface area contributed by atoms with Crippen molar-refractivity contribution in [3.05, 3.63) is 0 Å². The summed E-state index contributed by atoms with van der Waals surface area (Å²) in [6.45, 7) is 2.29. The van der Waals surface area contributed by atoms with Crippen molar-refractivity contribution in [2.45, 2.75) is 116 Å². The maximum absolute atomic E-state index is 6.30. The topological polar surface area (TPSA) is 26.0 Å². The Morgan fingerprint density at radius 2 is 1.25 bits per heavy atom. The molecule has 2 unspecified atom stereocenters. The Morgan fingerprint density at radius 1 is 0.700 bits per heavy atom. The molecule has 1 nitrogen and oxygen atoms in total. The monoisotopic (exact) mass is 281 g/mol. The van der Waals surface area contributed by atoms with Crippen LogP contribution in [0.4, 0.5) is 0 Å². The second-order valence-electron chi connectivity index (χ2n) is 7.03. The molecule has 20 heavy (non-hydrogen) atoms. The maximum atomic E-state index is 6.30. The summed E-state index contributed by atoms with van der Waals surface area (Å²) in [4.78, 5) is 0. The van der Waals surface area contributed by atoms with E-state index in [2.05, 4.69) is 6.92 Å². The van der Waals surface area contributed by atoms with E-state index in [1.54, 1.807) is 0 Å². The number of rotatable bonds is 11. The zero-order valence-corrected chi connectivity index (χ0v) is 14.0. The van der Waals surface area contributed by atoms with Crippen LogP contribution < -0.4 is 5.73 Å². The molecule has 0 saturated heterocycles. The van der Waals surface area contributed by atoms with Gasteiger partial charge in [0.25, 0.3) is 0 Å². The van der Waals surface area contributed by atoms with Gasteiger partial charge in [0.1, 0.15) is 0 Å².